The summed E-state index contributed by atoms with van der Waals surface area (Å²) in [5.41, 5.74) is 0.914. The van der Waals surface area contributed by atoms with E-state index in [-0.39, 0.29) is 12.5 Å². The molecule has 1 N–H and O–H groups in total. The third-order valence-electron chi connectivity index (χ3n) is 1.30. The van der Waals surface area contributed by atoms with Crippen LogP contribution >= 0.6 is 11.3 Å². The van der Waals surface area contributed by atoms with Gasteiger partial charge in [0.05, 0.1) is 5.69 Å². The molecule has 1 amide bonds. The SMILES string of the molecule is CCOCC(=O)Nc1nc(C)cs1. The summed E-state index contributed by atoms with van der Waals surface area (Å²) in [6.45, 7) is 4.37. The van der Waals surface area contributed by atoms with Crippen LogP contribution in [0.4, 0.5) is 5.13 Å². The largest absolute Gasteiger partial charge is 0.372 e. The van der Waals surface area contributed by atoms with E-state index < -0.39 is 0 Å². The second-order valence-corrected chi connectivity index (χ2v) is 3.34. The zero-order chi connectivity index (χ0) is 9.68. The van der Waals surface area contributed by atoms with E-state index in [9.17, 15) is 4.79 Å². The Balaban J connectivity index is 2.36. The summed E-state index contributed by atoms with van der Waals surface area (Å²) >= 11 is 1.41. The van der Waals surface area contributed by atoms with Crippen LogP contribution in [0, 0.1) is 6.92 Å². The number of aromatic nitrogens is 1. The molecule has 1 aromatic heterocycles. The van der Waals surface area contributed by atoms with Crippen molar-refractivity contribution in [3.8, 4) is 0 Å². The van der Waals surface area contributed by atoms with E-state index in [1.54, 1.807) is 0 Å². The number of nitrogens with zero attached hydrogens (tertiary/aromatic N) is 1. The van der Waals surface area contributed by atoms with Crippen molar-refractivity contribution in [2.45, 2.75) is 13.8 Å². The molecular formula is C8H12N2O2S. The van der Waals surface area contributed by atoms with Crippen molar-refractivity contribution in [2.24, 2.45) is 0 Å². The van der Waals surface area contributed by atoms with E-state index in [0.717, 1.165) is 5.69 Å². The Morgan fingerprint density at radius 3 is 3.08 bits per heavy atom. The first-order valence-electron chi connectivity index (χ1n) is 4.02. The van der Waals surface area contributed by atoms with Gasteiger partial charge in [-0.15, -0.1) is 11.3 Å². The van der Waals surface area contributed by atoms with Gasteiger partial charge in [-0.1, -0.05) is 0 Å². The van der Waals surface area contributed by atoms with Gasteiger partial charge in [-0.2, -0.15) is 0 Å². The van der Waals surface area contributed by atoms with Gasteiger partial charge < -0.3 is 4.74 Å². The minimum atomic E-state index is -0.156. The molecule has 0 aliphatic carbocycles. The van der Waals surface area contributed by atoms with E-state index in [2.05, 4.69) is 10.3 Å². The molecule has 0 bridgehead atoms. The lowest BCUT2D eigenvalue weighted by Crippen LogP contribution is -2.17. The summed E-state index contributed by atoms with van der Waals surface area (Å²) in [6, 6.07) is 0. The first kappa shape index (κ1) is 10.1. The van der Waals surface area contributed by atoms with Crippen LogP contribution in [0.15, 0.2) is 5.38 Å². The van der Waals surface area contributed by atoms with Crippen molar-refractivity contribution < 1.29 is 9.53 Å². The molecule has 0 unspecified atom stereocenters. The van der Waals surface area contributed by atoms with E-state index >= 15 is 0 Å². The van der Waals surface area contributed by atoms with Gasteiger partial charge in [0.1, 0.15) is 6.61 Å². The lowest BCUT2D eigenvalue weighted by atomic mass is 10.6. The van der Waals surface area contributed by atoms with Crippen molar-refractivity contribution in [3.05, 3.63) is 11.1 Å². The fourth-order valence-corrected chi connectivity index (χ4v) is 1.47. The maximum atomic E-state index is 11.1. The van der Waals surface area contributed by atoms with Crippen LogP contribution < -0.4 is 5.32 Å². The summed E-state index contributed by atoms with van der Waals surface area (Å²) < 4.78 is 4.94. The molecule has 0 radical (unpaired) electrons. The molecule has 1 rings (SSSR count). The highest BCUT2D eigenvalue weighted by atomic mass is 32.1. The van der Waals surface area contributed by atoms with Crippen LogP contribution in [0.3, 0.4) is 0 Å². The Bertz CT molecular complexity index is 285. The molecule has 5 heteroatoms. The predicted molar refractivity (Wildman–Crippen MR) is 52.0 cm³/mol. The quantitative estimate of drug-likeness (QED) is 0.799. The van der Waals surface area contributed by atoms with Crippen molar-refractivity contribution in [1.82, 2.24) is 4.98 Å². The van der Waals surface area contributed by atoms with Gasteiger partial charge >= 0.3 is 0 Å². The Hall–Kier alpha value is -0.940. The smallest absolute Gasteiger partial charge is 0.252 e. The minimum absolute atomic E-state index is 0.0924. The molecule has 0 aromatic carbocycles. The molecule has 13 heavy (non-hydrogen) atoms. The maximum absolute atomic E-state index is 11.1. The Morgan fingerprint density at radius 1 is 1.77 bits per heavy atom. The molecule has 0 fully saturated rings. The lowest BCUT2D eigenvalue weighted by Gasteiger charge is -2.00. The molecule has 0 saturated carbocycles. The van der Waals surface area contributed by atoms with Crippen molar-refractivity contribution in [2.75, 3.05) is 18.5 Å². The number of ether oxygens (including phenoxy) is 1. The topological polar surface area (TPSA) is 51.2 Å². The van der Waals surface area contributed by atoms with E-state index in [1.165, 1.54) is 11.3 Å². The summed E-state index contributed by atoms with van der Waals surface area (Å²) in [5.74, 6) is -0.156. The normalized spacial score (nSPS) is 10.0. The predicted octanol–water partition coefficient (Wildman–Crippen LogP) is 1.43. The van der Waals surface area contributed by atoms with Gasteiger partial charge in [0.25, 0.3) is 5.91 Å². The highest BCUT2D eigenvalue weighted by molar-refractivity contribution is 7.13. The molecule has 0 aliphatic rings. The van der Waals surface area contributed by atoms with Crippen LogP contribution in [-0.4, -0.2) is 24.1 Å². The molecule has 0 atom stereocenters. The van der Waals surface area contributed by atoms with E-state index in [1.807, 2.05) is 19.2 Å². The lowest BCUT2D eigenvalue weighted by molar-refractivity contribution is -0.120. The zero-order valence-electron chi connectivity index (χ0n) is 7.66. The van der Waals surface area contributed by atoms with Gasteiger partial charge in [-0.05, 0) is 13.8 Å². The molecule has 4 nitrogen and oxygen atoms in total. The summed E-state index contributed by atoms with van der Waals surface area (Å²) in [5, 5.41) is 5.15. The number of hydrogen-bond acceptors (Lipinski definition) is 4. The van der Waals surface area contributed by atoms with Crippen LogP contribution in [-0.2, 0) is 9.53 Å². The van der Waals surface area contributed by atoms with Crippen molar-refractivity contribution in [3.63, 3.8) is 0 Å². The number of hydrogen-bond donors (Lipinski definition) is 1. The molecule has 1 heterocycles. The number of carbonyl (C=O) groups excluding carboxylic acids is 1. The van der Waals surface area contributed by atoms with Gasteiger partial charge in [-0.3, -0.25) is 10.1 Å². The number of amides is 1. The third-order valence-corrected chi connectivity index (χ3v) is 2.18. The summed E-state index contributed by atoms with van der Waals surface area (Å²) in [4.78, 5) is 15.2. The number of rotatable bonds is 4. The summed E-state index contributed by atoms with van der Waals surface area (Å²) in [7, 11) is 0. The second-order valence-electron chi connectivity index (χ2n) is 2.48. The first-order chi connectivity index (χ1) is 6.22. The van der Waals surface area contributed by atoms with Gasteiger partial charge in [-0.25, -0.2) is 4.98 Å². The Kier molecular flexibility index (Phi) is 3.85. The molecule has 0 saturated heterocycles. The third kappa shape index (κ3) is 3.52. The number of aryl methyl sites for hydroxylation is 1. The van der Waals surface area contributed by atoms with E-state index in [0.29, 0.717) is 11.7 Å². The fourth-order valence-electron chi connectivity index (χ4n) is 0.761. The van der Waals surface area contributed by atoms with Crippen molar-refractivity contribution in [1.29, 1.82) is 0 Å². The number of thiazole rings is 1. The Labute approximate surface area is 80.9 Å². The fraction of sp³-hybridized carbons (Fsp3) is 0.500. The van der Waals surface area contributed by atoms with E-state index in [4.69, 9.17) is 4.74 Å². The number of anilines is 1. The zero-order valence-corrected chi connectivity index (χ0v) is 8.48. The molecular weight excluding hydrogens is 188 g/mol. The van der Waals surface area contributed by atoms with Crippen LogP contribution in [0.2, 0.25) is 0 Å². The molecule has 1 aromatic rings. The molecule has 0 spiro atoms. The van der Waals surface area contributed by atoms with Crippen LogP contribution in [0.5, 0.6) is 0 Å². The van der Waals surface area contributed by atoms with Gasteiger partial charge in [0, 0.05) is 12.0 Å². The standard InChI is InChI=1S/C8H12N2O2S/c1-3-12-4-7(11)10-8-9-6(2)5-13-8/h5H,3-4H2,1-2H3,(H,9,10,11). The second kappa shape index (κ2) is 4.94. The number of nitrogens with one attached hydrogen (secondary N) is 1. The highest BCUT2D eigenvalue weighted by Gasteiger charge is 2.03. The van der Waals surface area contributed by atoms with Crippen LogP contribution in [0.1, 0.15) is 12.6 Å². The number of carbonyl (C=O) groups is 1. The minimum Gasteiger partial charge on any atom is -0.372 e. The van der Waals surface area contributed by atoms with Gasteiger partial charge in [0.15, 0.2) is 5.13 Å². The van der Waals surface area contributed by atoms with Gasteiger partial charge in [0.2, 0.25) is 0 Å². The first-order valence-corrected chi connectivity index (χ1v) is 4.90. The molecule has 72 valence electrons. The Morgan fingerprint density at radius 2 is 2.54 bits per heavy atom. The monoisotopic (exact) mass is 200 g/mol. The van der Waals surface area contributed by atoms with Crippen molar-refractivity contribution >= 4 is 22.4 Å². The average Bonchev–Trinajstić information content (AvgIpc) is 2.48. The molecule has 0 aliphatic heterocycles. The highest BCUT2D eigenvalue weighted by Crippen LogP contribution is 2.13. The van der Waals surface area contributed by atoms with Crippen LogP contribution in [0.25, 0.3) is 0 Å². The average molecular weight is 200 g/mol. The maximum Gasteiger partial charge on any atom is 0.252 e. The summed E-state index contributed by atoms with van der Waals surface area (Å²) in [6.07, 6.45) is 0.